The van der Waals surface area contributed by atoms with Gasteiger partial charge in [-0.25, -0.2) is 4.98 Å². The molecule has 0 spiro atoms. The van der Waals surface area contributed by atoms with E-state index in [0.717, 1.165) is 38.2 Å². The molecule has 0 amide bonds. The highest BCUT2D eigenvalue weighted by molar-refractivity contribution is 6.27. The largest absolute Gasteiger partial charge is 0.433 e. The Morgan fingerprint density at radius 1 is 1.57 bits per heavy atom. The summed E-state index contributed by atoms with van der Waals surface area (Å²) in [5.41, 5.74) is 0. The SMILES string of the molecule is CCN1CCC(c2cnc(Cl)o2)CC1. The van der Waals surface area contributed by atoms with Crippen LogP contribution in [0.25, 0.3) is 0 Å². The second kappa shape index (κ2) is 4.32. The second-order valence-corrected chi connectivity index (χ2v) is 4.05. The minimum atomic E-state index is 0.262. The first kappa shape index (κ1) is 9.99. The van der Waals surface area contributed by atoms with E-state index in [1.54, 1.807) is 6.20 Å². The third-order valence-corrected chi connectivity index (χ3v) is 3.11. The summed E-state index contributed by atoms with van der Waals surface area (Å²) in [7, 11) is 0. The molecular weight excluding hydrogens is 200 g/mol. The average molecular weight is 215 g/mol. The second-order valence-electron chi connectivity index (χ2n) is 3.72. The highest BCUT2D eigenvalue weighted by atomic mass is 35.5. The summed E-state index contributed by atoms with van der Waals surface area (Å²) < 4.78 is 5.33. The Labute approximate surface area is 89.1 Å². The smallest absolute Gasteiger partial charge is 0.292 e. The Hall–Kier alpha value is -0.540. The first-order chi connectivity index (χ1) is 6.79. The Bertz CT molecular complexity index is 292. The van der Waals surface area contributed by atoms with Crippen LogP contribution in [-0.2, 0) is 0 Å². The van der Waals surface area contributed by atoms with Crippen LogP contribution in [0.5, 0.6) is 0 Å². The third kappa shape index (κ3) is 2.10. The van der Waals surface area contributed by atoms with Gasteiger partial charge in [0.2, 0.25) is 0 Å². The van der Waals surface area contributed by atoms with Gasteiger partial charge in [0.1, 0.15) is 5.76 Å². The van der Waals surface area contributed by atoms with E-state index in [9.17, 15) is 0 Å². The molecule has 14 heavy (non-hydrogen) atoms. The number of piperidine rings is 1. The number of hydrogen-bond donors (Lipinski definition) is 0. The zero-order valence-corrected chi connectivity index (χ0v) is 9.13. The maximum Gasteiger partial charge on any atom is 0.292 e. The summed E-state index contributed by atoms with van der Waals surface area (Å²) in [5.74, 6) is 1.46. The van der Waals surface area contributed by atoms with Gasteiger partial charge in [-0.05, 0) is 44.1 Å². The number of rotatable bonds is 2. The van der Waals surface area contributed by atoms with Gasteiger partial charge in [0.05, 0.1) is 6.20 Å². The number of oxazole rings is 1. The fraction of sp³-hybridized carbons (Fsp3) is 0.700. The molecule has 0 bridgehead atoms. The van der Waals surface area contributed by atoms with Crippen molar-refractivity contribution in [3.05, 3.63) is 17.3 Å². The van der Waals surface area contributed by atoms with Gasteiger partial charge in [0.15, 0.2) is 0 Å². The van der Waals surface area contributed by atoms with Crippen molar-refractivity contribution in [2.75, 3.05) is 19.6 Å². The molecule has 0 aliphatic carbocycles. The molecule has 2 heterocycles. The van der Waals surface area contributed by atoms with Crippen LogP contribution in [0.2, 0.25) is 5.35 Å². The van der Waals surface area contributed by atoms with E-state index in [0.29, 0.717) is 5.92 Å². The zero-order chi connectivity index (χ0) is 9.97. The molecule has 4 heteroatoms. The molecule has 0 N–H and O–H groups in total. The molecule has 0 unspecified atom stereocenters. The van der Waals surface area contributed by atoms with Crippen molar-refractivity contribution in [3.63, 3.8) is 0 Å². The van der Waals surface area contributed by atoms with Crippen molar-refractivity contribution >= 4 is 11.6 Å². The monoisotopic (exact) mass is 214 g/mol. The highest BCUT2D eigenvalue weighted by Crippen LogP contribution is 2.29. The van der Waals surface area contributed by atoms with E-state index in [1.165, 1.54) is 0 Å². The Balaban J connectivity index is 1.95. The molecule has 2 rings (SSSR count). The predicted molar refractivity (Wildman–Crippen MR) is 55.6 cm³/mol. The van der Waals surface area contributed by atoms with Gasteiger partial charge in [0, 0.05) is 5.92 Å². The van der Waals surface area contributed by atoms with Crippen LogP contribution in [0, 0.1) is 0 Å². The molecule has 1 aromatic rings. The summed E-state index contributed by atoms with van der Waals surface area (Å²) in [6.45, 7) is 5.65. The first-order valence-corrected chi connectivity index (χ1v) is 5.51. The molecule has 0 aromatic carbocycles. The van der Waals surface area contributed by atoms with Gasteiger partial charge < -0.3 is 9.32 Å². The van der Waals surface area contributed by atoms with Crippen LogP contribution in [0.15, 0.2) is 10.6 Å². The number of nitrogens with zero attached hydrogens (tertiary/aromatic N) is 2. The van der Waals surface area contributed by atoms with Crippen molar-refractivity contribution in [2.24, 2.45) is 0 Å². The van der Waals surface area contributed by atoms with E-state index in [-0.39, 0.29) is 5.35 Å². The lowest BCUT2D eigenvalue weighted by atomic mass is 9.95. The van der Waals surface area contributed by atoms with Gasteiger partial charge >= 0.3 is 0 Å². The minimum absolute atomic E-state index is 0.262. The van der Waals surface area contributed by atoms with E-state index in [4.69, 9.17) is 16.0 Å². The molecule has 1 aliphatic rings. The molecule has 78 valence electrons. The van der Waals surface area contributed by atoms with E-state index in [1.807, 2.05) is 0 Å². The Morgan fingerprint density at radius 2 is 2.29 bits per heavy atom. The van der Waals surface area contributed by atoms with Gasteiger partial charge in [-0.15, -0.1) is 0 Å². The van der Waals surface area contributed by atoms with Crippen molar-refractivity contribution in [1.29, 1.82) is 0 Å². The molecule has 1 fully saturated rings. The Kier molecular flexibility index (Phi) is 3.08. The van der Waals surface area contributed by atoms with Crippen LogP contribution in [0.3, 0.4) is 0 Å². The average Bonchev–Trinajstić information content (AvgIpc) is 2.65. The summed E-state index contributed by atoms with van der Waals surface area (Å²) in [6, 6.07) is 0. The molecule has 0 atom stereocenters. The molecule has 1 aliphatic heterocycles. The molecule has 1 saturated heterocycles. The van der Waals surface area contributed by atoms with Crippen molar-refractivity contribution < 1.29 is 4.42 Å². The number of halogens is 1. The van der Waals surface area contributed by atoms with E-state index >= 15 is 0 Å². The van der Waals surface area contributed by atoms with Crippen LogP contribution < -0.4 is 0 Å². The third-order valence-electron chi connectivity index (χ3n) is 2.93. The summed E-state index contributed by atoms with van der Waals surface area (Å²) in [4.78, 5) is 6.37. The van der Waals surface area contributed by atoms with E-state index in [2.05, 4.69) is 16.8 Å². The predicted octanol–water partition coefficient (Wildman–Crippen LogP) is 2.53. The lowest BCUT2D eigenvalue weighted by Gasteiger charge is -2.29. The molecule has 0 radical (unpaired) electrons. The van der Waals surface area contributed by atoms with Crippen LogP contribution >= 0.6 is 11.6 Å². The zero-order valence-electron chi connectivity index (χ0n) is 8.37. The van der Waals surface area contributed by atoms with Crippen molar-refractivity contribution in [1.82, 2.24) is 9.88 Å². The standard InChI is InChI=1S/C10H15ClN2O/c1-2-13-5-3-8(4-6-13)9-7-12-10(11)14-9/h7-8H,2-6H2,1H3. The van der Waals surface area contributed by atoms with Gasteiger partial charge in [-0.3, -0.25) is 0 Å². The van der Waals surface area contributed by atoms with Gasteiger partial charge in [-0.1, -0.05) is 6.92 Å². The Morgan fingerprint density at radius 3 is 2.79 bits per heavy atom. The fourth-order valence-corrected chi connectivity index (χ4v) is 2.12. The van der Waals surface area contributed by atoms with E-state index < -0.39 is 0 Å². The lowest BCUT2D eigenvalue weighted by Crippen LogP contribution is -2.32. The molecular formula is C10H15ClN2O. The first-order valence-electron chi connectivity index (χ1n) is 5.13. The topological polar surface area (TPSA) is 29.3 Å². The molecule has 1 aromatic heterocycles. The van der Waals surface area contributed by atoms with Crippen LogP contribution in [0.4, 0.5) is 0 Å². The molecule has 3 nitrogen and oxygen atoms in total. The highest BCUT2D eigenvalue weighted by Gasteiger charge is 2.22. The number of aromatic nitrogens is 1. The minimum Gasteiger partial charge on any atom is -0.433 e. The maximum absolute atomic E-state index is 5.65. The van der Waals surface area contributed by atoms with Crippen molar-refractivity contribution in [3.8, 4) is 0 Å². The number of likely N-dealkylation sites (tertiary alicyclic amines) is 1. The summed E-state index contributed by atoms with van der Waals surface area (Å²) >= 11 is 5.65. The lowest BCUT2D eigenvalue weighted by molar-refractivity contribution is 0.211. The van der Waals surface area contributed by atoms with Gasteiger partial charge in [0.25, 0.3) is 5.35 Å². The maximum atomic E-state index is 5.65. The fourth-order valence-electron chi connectivity index (χ4n) is 1.99. The van der Waals surface area contributed by atoms with Crippen LogP contribution in [-0.4, -0.2) is 29.5 Å². The summed E-state index contributed by atoms with van der Waals surface area (Å²) in [6.07, 6.45) is 4.06. The molecule has 0 saturated carbocycles. The van der Waals surface area contributed by atoms with Gasteiger partial charge in [-0.2, -0.15) is 0 Å². The van der Waals surface area contributed by atoms with Crippen LogP contribution in [0.1, 0.15) is 31.4 Å². The normalized spacial score (nSPS) is 20.1. The number of hydrogen-bond acceptors (Lipinski definition) is 3. The quantitative estimate of drug-likeness (QED) is 0.758. The summed E-state index contributed by atoms with van der Waals surface area (Å²) in [5, 5.41) is 0.262. The van der Waals surface area contributed by atoms with Crippen molar-refractivity contribution in [2.45, 2.75) is 25.7 Å².